The average Bonchev–Trinajstić information content (AvgIpc) is 2.41. The molecule has 0 atom stereocenters. The Balaban J connectivity index is 2.32. The molecule has 88 valence electrons. The third-order valence-electron chi connectivity index (χ3n) is 2.59. The zero-order valence-electron chi connectivity index (χ0n) is 10.2. The Morgan fingerprint density at radius 3 is 2.13 bits per heavy atom. The zero-order chi connectivity index (χ0) is 11.3. The van der Waals surface area contributed by atoms with Crippen molar-refractivity contribution in [2.75, 3.05) is 18.8 Å². The van der Waals surface area contributed by atoms with E-state index in [9.17, 15) is 4.79 Å². The Hall–Kier alpha value is -0.180. The predicted molar refractivity (Wildman–Crippen MR) is 67.3 cm³/mol. The van der Waals surface area contributed by atoms with Gasteiger partial charge in [-0.3, -0.25) is 4.79 Å². The van der Waals surface area contributed by atoms with Crippen molar-refractivity contribution in [3.63, 3.8) is 0 Å². The third kappa shape index (κ3) is 5.45. The molecule has 0 aromatic rings. The number of thioether (sulfide) groups is 1. The van der Waals surface area contributed by atoms with E-state index < -0.39 is 0 Å². The Labute approximate surface area is 97.8 Å². The maximum atomic E-state index is 11.9. The van der Waals surface area contributed by atoms with Crippen molar-refractivity contribution in [3.05, 3.63) is 0 Å². The van der Waals surface area contributed by atoms with Crippen LogP contribution in [0.4, 0.5) is 0 Å². The number of amides is 1. The summed E-state index contributed by atoms with van der Waals surface area (Å²) in [6.45, 7) is 8.43. The van der Waals surface area contributed by atoms with Crippen LogP contribution in [0.5, 0.6) is 0 Å². The first kappa shape index (κ1) is 12.9. The maximum absolute atomic E-state index is 11.9. The molecule has 1 aliphatic heterocycles. The maximum Gasteiger partial charge on any atom is 0.232 e. The van der Waals surface area contributed by atoms with Gasteiger partial charge in [-0.25, -0.2) is 0 Å². The lowest BCUT2D eigenvalue weighted by Crippen LogP contribution is -2.34. The fourth-order valence-corrected chi connectivity index (χ4v) is 2.43. The summed E-state index contributed by atoms with van der Waals surface area (Å²) in [6, 6.07) is 0. The molecule has 1 rings (SSSR count). The van der Waals surface area contributed by atoms with Crippen LogP contribution in [0.15, 0.2) is 0 Å². The molecule has 0 aliphatic carbocycles. The van der Waals surface area contributed by atoms with Gasteiger partial charge in [-0.1, -0.05) is 33.6 Å². The molecule has 15 heavy (non-hydrogen) atoms. The summed E-state index contributed by atoms with van der Waals surface area (Å²) in [5.41, 5.74) is 0. The van der Waals surface area contributed by atoms with Gasteiger partial charge in [-0.2, -0.15) is 0 Å². The van der Waals surface area contributed by atoms with Crippen LogP contribution >= 0.6 is 11.8 Å². The van der Waals surface area contributed by atoms with Crippen molar-refractivity contribution in [2.45, 2.75) is 51.2 Å². The summed E-state index contributed by atoms with van der Waals surface area (Å²) in [4.78, 5) is 14.0. The highest BCUT2D eigenvalue weighted by Crippen LogP contribution is 2.23. The molecule has 1 amide bonds. The highest BCUT2D eigenvalue weighted by molar-refractivity contribution is 8.01. The minimum absolute atomic E-state index is 0.196. The molecule has 0 N–H and O–H groups in total. The summed E-state index contributed by atoms with van der Waals surface area (Å²) in [5.74, 6) is 0.973. The van der Waals surface area contributed by atoms with Crippen LogP contribution < -0.4 is 0 Å². The smallest absolute Gasteiger partial charge is 0.232 e. The molecule has 0 spiro atoms. The van der Waals surface area contributed by atoms with Crippen molar-refractivity contribution < 1.29 is 4.79 Å². The number of likely N-dealkylation sites (tertiary alicyclic amines) is 1. The van der Waals surface area contributed by atoms with E-state index in [1.54, 1.807) is 11.8 Å². The highest BCUT2D eigenvalue weighted by Gasteiger charge is 2.18. The Kier molecular flexibility index (Phi) is 4.97. The summed E-state index contributed by atoms with van der Waals surface area (Å²) in [5, 5.41) is 0. The topological polar surface area (TPSA) is 20.3 Å². The second-order valence-corrected chi connectivity index (χ2v) is 7.00. The lowest BCUT2D eigenvalue weighted by molar-refractivity contribution is -0.128. The summed E-state index contributed by atoms with van der Waals surface area (Å²) in [7, 11) is 0. The number of hydrogen-bond donors (Lipinski definition) is 0. The molecule has 0 bridgehead atoms. The van der Waals surface area contributed by atoms with Gasteiger partial charge < -0.3 is 4.90 Å². The fraction of sp³-hybridized carbons (Fsp3) is 0.917. The number of carbonyl (C=O) groups is 1. The Morgan fingerprint density at radius 2 is 1.67 bits per heavy atom. The molecule has 0 aromatic heterocycles. The van der Waals surface area contributed by atoms with Crippen LogP contribution in [0.1, 0.15) is 46.5 Å². The molecule has 0 saturated carbocycles. The fourth-order valence-electron chi connectivity index (χ4n) is 1.69. The monoisotopic (exact) mass is 229 g/mol. The van der Waals surface area contributed by atoms with Gasteiger partial charge in [0.1, 0.15) is 0 Å². The van der Waals surface area contributed by atoms with E-state index in [0.717, 1.165) is 13.1 Å². The molecule has 3 heteroatoms. The Bertz CT molecular complexity index is 202. The lowest BCUT2D eigenvalue weighted by atomic mass is 10.2. The molecule has 1 fully saturated rings. The first-order chi connectivity index (χ1) is 6.99. The first-order valence-electron chi connectivity index (χ1n) is 5.91. The van der Waals surface area contributed by atoms with E-state index in [0.29, 0.717) is 11.7 Å². The Morgan fingerprint density at radius 1 is 1.13 bits per heavy atom. The van der Waals surface area contributed by atoms with Gasteiger partial charge >= 0.3 is 0 Å². The van der Waals surface area contributed by atoms with E-state index in [-0.39, 0.29) is 4.75 Å². The average molecular weight is 229 g/mol. The second kappa shape index (κ2) is 5.78. The van der Waals surface area contributed by atoms with Crippen molar-refractivity contribution in [1.82, 2.24) is 4.90 Å². The van der Waals surface area contributed by atoms with Gasteiger partial charge in [-0.05, 0) is 12.8 Å². The minimum atomic E-state index is 0.196. The third-order valence-corrected chi connectivity index (χ3v) is 3.84. The van der Waals surface area contributed by atoms with E-state index in [4.69, 9.17) is 0 Å². The van der Waals surface area contributed by atoms with E-state index in [1.807, 2.05) is 4.90 Å². The van der Waals surface area contributed by atoms with E-state index in [2.05, 4.69) is 20.8 Å². The quantitative estimate of drug-likeness (QED) is 0.725. The SMILES string of the molecule is CC(C)(C)SCC(=O)N1CCCCCC1. The van der Waals surface area contributed by atoms with Gasteiger partial charge in [0.25, 0.3) is 0 Å². The van der Waals surface area contributed by atoms with E-state index in [1.165, 1.54) is 25.7 Å². The lowest BCUT2D eigenvalue weighted by Gasteiger charge is -2.23. The largest absolute Gasteiger partial charge is 0.342 e. The molecule has 0 aromatic carbocycles. The van der Waals surface area contributed by atoms with Crippen molar-refractivity contribution in [2.24, 2.45) is 0 Å². The molecule has 1 heterocycles. The van der Waals surface area contributed by atoms with Gasteiger partial charge in [0.15, 0.2) is 0 Å². The highest BCUT2D eigenvalue weighted by atomic mass is 32.2. The van der Waals surface area contributed by atoms with Crippen LogP contribution in [0.2, 0.25) is 0 Å². The van der Waals surface area contributed by atoms with Crippen LogP contribution in [-0.2, 0) is 4.79 Å². The molecule has 1 saturated heterocycles. The summed E-state index contributed by atoms with van der Waals surface area (Å²) in [6.07, 6.45) is 4.95. The van der Waals surface area contributed by atoms with Crippen LogP contribution in [0.25, 0.3) is 0 Å². The number of rotatable bonds is 2. The van der Waals surface area contributed by atoms with Crippen LogP contribution in [0.3, 0.4) is 0 Å². The molecular weight excluding hydrogens is 206 g/mol. The zero-order valence-corrected chi connectivity index (χ0v) is 11.0. The van der Waals surface area contributed by atoms with Gasteiger partial charge in [0.2, 0.25) is 5.91 Å². The van der Waals surface area contributed by atoms with Gasteiger partial charge in [0.05, 0.1) is 5.75 Å². The number of nitrogens with zero attached hydrogens (tertiary/aromatic N) is 1. The molecule has 1 aliphatic rings. The van der Waals surface area contributed by atoms with Gasteiger partial charge in [0, 0.05) is 17.8 Å². The standard InChI is InChI=1S/C12H23NOS/c1-12(2,3)15-10-11(14)13-8-6-4-5-7-9-13/h4-10H2,1-3H3. The molecule has 0 radical (unpaired) electrons. The number of carbonyl (C=O) groups excluding carboxylic acids is 1. The minimum Gasteiger partial charge on any atom is -0.342 e. The normalized spacial score (nSPS) is 18.7. The summed E-state index contributed by atoms with van der Waals surface area (Å²) < 4.78 is 0.196. The summed E-state index contributed by atoms with van der Waals surface area (Å²) >= 11 is 1.75. The molecule has 0 unspecified atom stereocenters. The number of hydrogen-bond acceptors (Lipinski definition) is 2. The second-order valence-electron chi connectivity index (χ2n) is 5.20. The van der Waals surface area contributed by atoms with E-state index >= 15 is 0 Å². The van der Waals surface area contributed by atoms with Gasteiger partial charge in [-0.15, -0.1) is 11.8 Å². The molecular formula is C12H23NOS. The van der Waals surface area contributed by atoms with Crippen LogP contribution in [-0.4, -0.2) is 34.4 Å². The van der Waals surface area contributed by atoms with Crippen molar-refractivity contribution in [3.8, 4) is 0 Å². The predicted octanol–water partition coefficient (Wildman–Crippen LogP) is 2.92. The molecule has 2 nitrogen and oxygen atoms in total. The first-order valence-corrected chi connectivity index (χ1v) is 6.89. The van der Waals surface area contributed by atoms with Crippen molar-refractivity contribution >= 4 is 17.7 Å². The van der Waals surface area contributed by atoms with Crippen molar-refractivity contribution in [1.29, 1.82) is 0 Å². The van der Waals surface area contributed by atoms with Crippen LogP contribution in [0, 0.1) is 0 Å².